The number of halogens is 1. The molecule has 0 atom stereocenters. The van der Waals surface area contributed by atoms with Gasteiger partial charge in [0.1, 0.15) is 11.6 Å². The van der Waals surface area contributed by atoms with Crippen LogP contribution in [0, 0.1) is 5.82 Å². The molecule has 0 aliphatic carbocycles. The van der Waals surface area contributed by atoms with Crippen molar-refractivity contribution in [3.63, 3.8) is 0 Å². The van der Waals surface area contributed by atoms with Crippen LogP contribution in [-0.4, -0.2) is 20.8 Å². The Morgan fingerprint density at radius 2 is 1.38 bits per heavy atom. The summed E-state index contributed by atoms with van der Waals surface area (Å²) in [6.07, 6.45) is 0. The van der Waals surface area contributed by atoms with E-state index in [1.807, 2.05) is 0 Å². The number of ether oxygens (including phenoxy) is 1. The minimum Gasteiger partial charge on any atom is -0.485 e. The van der Waals surface area contributed by atoms with Gasteiger partial charge in [0.05, 0.1) is 9.79 Å². The molecule has 3 rings (SSSR count). The Bertz CT molecular complexity index is 996. The van der Waals surface area contributed by atoms with Gasteiger partial charge < -0.3 is 4.74 Å². The molecule has 0 radical (unpaired) electrons. The van der Waals surface area contributed by atoms with Crippen molar-refractivity contribution in [3.8, 4) is 5.75 Å². The molecule has 4 nitrogen and oxygen atoms in total. The summed E-state index contributed by atoms with van der Waals surface area (Å²) in [4.78, 5) is 12.3. The Hall–Kier alpha value is -2.99. The first kappa shape index (κ1) is 17.8. The maximum Gasteiger partial charge on any atom is 0.206 e. The fraction of sp³-hybridized carbons (Fsp3) is 0.0500. The molecule has 0 fully saturated rings. The molecule has 0 amide bonds. The van der Waals surface area contributed by atoms with Crippen molar-refractivity contribution in [2.75, 3.05) is 6.61 Å². The van der Waals surface area contributed by atoms with Crippen LogP contribution in [0.2, 0.25) is 0 Å². The van der Waals surface area contributed by atoms with E-state index in [4.69, 9.17) is 4.74 Å². The number of carbonyl (C=O) groups is 1. The van der Waals surface area contributed by atoms with Crippen LogP contribution in [-0.2, 0) is 9.84 Å². The van der Waals surface area contributed by atoms with Gasteiger partial charge in [-0.15, -0.1) is 0 Å². The molecule has 132 valence electrons. The smallest absolute Gasteiger partial charge is 0.206 e. The lowest BCUT2D eigenvalue weighted by atomic mass is 10.1. The minimum absolute atomic E-state index is 0.140. The number of rotatable bonds is 6. The maximum absolute atomic E-state index is 12.9. The molecular weight excluding hydrogens is 355 g/mol. The second-order valence-electron chi connectivity index (χ2n) is 5.51. The van der Waals surface area contributed by atoms with Crippen LogP contribution < -0.4 is 4.74 Å². The van der Waals surface area contributed by atoms with Crippen LogP contribution in [0.25, 0.3) is 0 Å². The fourth-order valence-electron chi connectivity index (χ4n) is 2.32. The number of carbonyl (C=O) groups excluding carboxylic acids is 1. The molecule has 6 heteroatoms. The molecule has 0 saturated carbocycles. The van der Waals surface area contributed by atoms with Crippen molar-refractivity contribution in [2.24, 2.45) is 0 Å². The van der Waals surface area contributed by atoms with Gasteiger partial charge in [-0.25, -0.2) is 12.8 Å². The van der Waals surface area contributed by atoms with E-state index in [9.17, 15) is 17.6 Å². The highest BCUT2D eigenvalue weighted by atomic mass is 32.2. The Balaban J connectivity index is 1.68. The standard InChI is InChI=1S/C20H15FO4S/c21-16-8-6-15(7-9-16)20(22)14-25-17-10-12-19(13-11-17)26(23,24)18-4-2-1-3-5-18/h1-13H,14H2. The number of sulfone groups is 1. The molecule has 3 aromatic rings. The normalized spacial score (nSPS) is 11.1. The highest BCUT2D eigenvalue weighted by Gasteiger charge is 2.17. The van der Waals surface area contributed by atoms with Gasteiger partial charge in [0, 0.05) is 5.56 Å². The first-order chi connectivity index (χ1) is 12.5. The van der Waals surface area contributed by atoms with E-state index >= 15 is 0 Å². The minimum atomic E-state index is -3.59. The Morgan fingerprint density at radius 1 is 0.808 bits per heavy atom. The average molecular weight is 370 g/mol. The molecule has 0 aliphatic rings. The maximum atomic E-state index is 12.9. The number of hydrogen-bond acceptors (Lipinski definition) is 4. The largest absolute Gasteiger partial charge is 0.485 e. The van der Waals surface area contributed by atoms with Crippen LogP contribution in [0.4, 0.5) is 4.39 Å². The van der Waals surface area contributed by atoms with Gasteiger partial charge in [-0.2, -0.15) is 0 Å². The van der Waals surface area contributed by atoms with E-state index in [0.717, 1.165) is 0 Å². The number of Topliss-reactive ketones (excluding diaryl/α,β-unsaturated/α-hetero) is 1. The summed E-state index contributed by atoms with van der Waals surface area (Å²) in [6.45, 7) is -0.226. The van der Waals surface area contributed by atoms with Gasteiger partial charge >= 0.3 is 0 Å². The number of hydrogen-bond donors (Lipinski definition) is 0. The predicted molar refractivity (Wildman–Crippen MR) is 94.6 cm³/mol. The monoisotopic (exact) mass is 370 g/mol. The molecular formula is C20H15FO4S. The van der Waals surface area contributed by atoms with Crippen molar-refractivity contribution in [1.29, 1.82) is 0 Å². The number of ketones is 1. The summed E-state index contributed by atoms with van der Waals surface area (Å²) < 4.78 is 43.3. The van der Waals surface area contributed by atoms with E-state index in [1.165, 1.54) is 60.7 Å². The zero-order valence-electron chi connectivity index (χ0n) is 13.6. The first-order valence-corrected chi connectivity index (χ1v) is 9.27. The summed E-state index contributed by atoms with van der Waals surface area (Å²) in [6, 6.07) is 19.1. The highest BCUT2D eigenvalue weighted by Crippen LogP contribution is 2.23. The van der Waals surface area contributed by atoms with Crippen LogP contribution in [0.5, 0.6) is 5.75 Å². The lowest BCUT2D eigenvalue weighted by Crippen LogP contribution is -2.11. The Kier molecular flexibility index (Phi) is 5.14. The van der Waals surface area contributed by atoms with E-state index in [1.54, 1.807) is 18.2 Å². The molecule has 0 heterocycles. The molecule has 0 aliphatic heterocycles. The Morgan fingerprint density at radius 3 is 2.00 bits per heavy atom. The van der Waals surface area contributed by atoms with Crippen molar-refractivity contribution >= 4 is 15.6 Å². The molecule has 3 aromatic carbocycles. The average Bonchev–Trinajstić information content (AvgIpc) is 2.67. The summed E-state index contributed by atoms with van der Waals surface area (Å²) in [5, 5.41) is 0. The molecule has 0 bridgehead atoms. The zero-order chi connectivity index (χ0) is 18.6. The second kappa shape index (κ2) is 7.49. The summed E-state index contributed by atoms with van der Waals surface area (Å²) in [7, 11) is -3.59. The zero-order valence-corrected chi connectivity index (χ0v) is 14.4. The lowest BCUT2D eigenvalue weighted by Gasteiger charge is -2.08. The van der Waals surface area contributed by atoms with Gasteiger partial charge in [-0.05, 0) is 60.7 Å². The van der Waals surface area contributed by atoms with Gasteiger partial charge in [-0.3, -0.25) is 4.79 Å². The molecule has 0 N–H and O–H groups in total. The summed E-state index contributed by atoms with van der Waals surface area (Å²) in [5.74, 6) is -0.351. The van der Waals surface area contributed by atoms with Crippen LogP contribution in [0.1, 0.15) is 10.4 Å². The third-order valence-corrected chi connectivity index (χ3v) is 5.51. The Labute approximate surface area is 150 Å². The number of benzene rings is 3. The highest BCUT2D eigenvalue weighted by molar-refractivity contribution is 7.91. The van der Waals surface area contributed by atoms with E-state index in [0.29, 0.717) is 11.3 Å². The summed E-state index contributed by atoms with van der Waals surface area (Å²) >= 11 is 0. The molecule has 0 saturated heterocycles. The van der Waals surface area contributed by atoms with Gasteiger partial charge in [0.25, 0.3) is 0 Å². The van der Waals surface area contributed by atoms with E-state index < -0.39 is 15.7 Å². The van der Waals surface area contributed by atoms with Crippen LogP contribution >= 0.6 is 0 Å². The van der Waals surface area contributed by atoms with Crippen LogP contribution in [0.3, 0.4) is 0 Å². The lowest BCUT2D eigenvalue weighted by molar-refractivity contribution is 0.0921. The van der Waals surface area contributed by atoms with Crippen LogP contribution in [0.15, 0.2) is 88.7 Å². The van der Waals surface area contributed by atoms with E-state index in [2.05, 4.69) is 0 Å². The molecule has 26 heavy (non-hydrogen) atoms. The van der Waals surface area contributed by atoms with E-state index in [-0.39, 0.29) is 22.2 Å². The topological polar surface area (TPSA) is 60.4 Å². The van der Waals surface area contributed by atoms with Gasteiger partial charge in [0.2, 0.25) is 9.84 Å². The van der Waals surface area contributed by atoms with Crippen molar-refractivity contribution in [2.45, 2.75) is 9.79 Å². The third-order valence-electron chi connectivity index (χ3n) is 3.72. The fourth-order valence-corrected chi connectivity index (χ4v) is 3.60. The van der Waals surface area contributed by atoms with Gasteiger partial charge in [-0.1, -0.05) is 18.2 Å². The third kappa shape index (κ3) is 3.97. The van der Waals surface area contributed by atoms with Crippen molar-refractivity contribution in [3.05, 3.63) is 90.2 Å². The second-order valence-corrected chi connectivity index (χ2v) is 7.46. The van der Waals surface area contributed by atoms with Crippen molar-refractivity contribution < 1.29 is 22.3 Å². The van der Waals surface area contributed by atoms with Gasteiger partial charge in [0.15, 0.2) is 12.4 Å². The SMILES string of the molecule is O=C(COc1ccc(S(=O)(=O)c2ccccc2)cc1)c1ccc(F)cc1. The quantitative estimate of drug-likeness (QED) is 0.617. The molecule has 0 aromatic heterocycles. The first-order valence-electron chi connectivity index (χ1n) is 7.78. The predicted octanol–water partition coefficient (Wildman–Crippen LogP) is 3.92. The molecule has 0 spiro atoms. The van der Waals surface area contributed by atoms with Crippen molar-refractivity contribution in [1.82, 2.24) is 0 Å². The molecule has 0 unspecified atom stereocenters. The summed E-state index contributed by atoms with van der Waals surface area (Å²) in [5.41, 5.74) is 0.342.